The van der Waals surface area contributed by atoms with Crippen molar-refractivity contribution in [2.45, 2.75) is 19.6 Å². The number of ether oxygens (including phenoxy) is 2. The van der Waals surface area contributed by atoms with Crippen molar-refractivity contribution in [1.29, 1.82) is 0 Å². The van der Waals surface area contributed by atoms with E-state index >= 15 is 0 Å². The molecule has 3 aromatic rings. The molecule has 0 bridgehead atoms. The number of para-hydroxylation sites is 1. The van der Waals surface area contributed by atoms with Crippen LogP contribution in [-0.2, 0) is 0 Å². The van der Waals surface area contributed by atoms with Gasteiger partial charge in [-0.1, -0.05) is 42.5 Å². The summed E-state index contributed by atoms with van der Waals surface area (Å²) in [6.45, 7) is 2.67. The average Bonchev–Trinajstić information content (AvgIpc) is 2.76. The second-order valence-electron chi connectivity index (χ2n) is 7.70. The molecule has 1 aliphatic heterocycles. The lowest BCUT2D eigenvalue weighted by atomic mass is 9.87. The minimum Gasteiger partial charge on any atom is -0.508 e. The van der Waals surface area contributed by atoms with E-state index in [0.717, 1.165) is 40.2 Å². The summed E-state index contributed by atoms with van der Waals surface area (Å²) < 4.78 is 11.9. The monoisotopic (exact) mass is 401 g/mol. The van der Waals surface area contributed by atoms with Gasteiger partial charge in [-0.2, -0.15) is 0 Å². The largest absolute Gasteiger partial charge is 0.508 e. The molecular formula is C26H27NO3. The number of nitrogens with zero attached hydrogens (tertiary/aromatic N) is 1. The molecule has 0 saturated heterocycles. The molecule has 3 aromatic carbocycles. The number of rotatable bonds is 5. The fraction of sp³-hybridized carbons (Fsp3) is 0.231. The van der Waals surface area contributed by atoms with Gasteiger partial charge in [0.1, 0.15) is 23.5 Å². The van der Waals surface area contributed by atoms with Gasteiger partial charge in [0.15, 0.2) is 0 Å². The first-order chi connectivity index (χ1) is 14.5. The molecule has 4 heteroatoms. The number of phenolic OH excluding ortho intramolecular Hbond substituents is 1. The molecule has 1 unspecified atom stereocenters. The zero-order valence-corrected chi connectivity index (χ0v) is 17.6. The van der Waals surface area contributed by atoms with E-state index in [-0.39, 0.29) is 12.0 Å². The highest BCUT2D eigenvalue weighted by Gasteiger charge is 2.21. The molecule has 4 nitrogen and oxygen atoms in total. The van der Waals surface area contributed by atoms with Crippen LogP contribution in [0.15, 0.2) is 72.8 Å². The summed E-state index contributed by atoms with van der Waals surface area (Å²) in [5.74, 6) is 2.01. The Hall–Kier alpha value is -3.24. The zero-order chi connectivity index (χ0) is 21.1. The first kappa shape index (κ1) is 20.0. The summed E-state index contributed by atoms with van der Waals surface area (Å²) in [7, 11) is 3.99. The van der Waals surface area contributed by atoms with Crippen LogP contribution >= 0.6 is 0 Å². The van der Waals surface area contributed by atoms with Crippen LogP contribution in [0.5, 0.6) is 17.2 Å². The predicted molar refractivity (Wildman–Crippen MR) is 121 cm³/mol. The summed E-state index contributed by atoms with van der Waals surface area (Å²) in [4.78, 5) is 2.02. The average molecular weight is 402 g/mol. The maximum absolute atomic E-state index is 9.79. The van der Waals surface area contributed by atoms with Crippen LogP contribution in [0.2, 0.25) is 0 Å². The summed E-state index contributed by atoms with van der Waals surface area (Å²) in [6, 6.07) is 23.8. The number of benzene rings is 3. The molecule has 0 saturated carbocycles. The van der Waals surface area contributed by atoms with Crippen LogP contribution in [0.25, 0.3) is 11.1 Å². The van der Waals surface area contributed by atoms with Gasteiger partial charge in [0.2, 0.25) is 0 Å². The number of hydrogen-bond donors (Lipinski definition) is 1. The number of hydrogen-bond acceptors (Lipinski definition) is 4. The van der Waals surface area contributed by atoms with Gasteiger partial charge in [0.25, 0.3) is 0 Å². The van der Waals surface area contributed by atoms with Gasteiger partial charge >= 0.3 is 0 Å². The molecule has 0 spiro atoms. The van der Waals surface area contributed by atoms with Crippen LogP contribution in [0.1, 0.15) is 30.0 Å². The second kappa shape index (κ2) is 8.64. The summed E-state index contributed by atoms with van der Waals surface area (Å²) in [6.07, 6.45) is 0.816. The molecular weight excluding hydrogens is 374 g/mol. The van der Waals surface area contributed by atoms with Crippen LogP contribution in [0.3, 0.4) is 0 Å². The normalized spacial score (nSPS) is 15.9. The molecule has 1 N–H and O–H groups in total. The van der Waals surface area contributed by atoms with Crippen molar-refractivity contribution in [2.24, 2.45) is 0 Å². The van der Waals surface area contributed by atoms with E-state index in [0.29, 0.717) is 6.61 Å². The molecule has 0 aliphatic carbocycles. The lowest BCUT2D eigenvalue weighted by Gasteiger charge is -2.24. The van der Waals surface area contributed by atoms with Crippen molar-refractivity contribution in [3.05, 3.63) is 89.5 Å². The molecule has 0 aromatic heterocycles. The quantitative estimate of drug-likeness (QED) is 0.580. The maximum atomic E-state index is 9.79. The molecule has 0 amide bonds. The van der Waals surface area contributed by atoms with Crippen molar-refractivity contribution >= 4 is 11.1 Å². The molecule has 4 rings (SSSR count). The van der Waals surface area contributed by atoms with Crippen molar-refractivity contribution < 1.29 is 14.6 Å². The zero-order valence-electron chi connectivity index (χ0n) is 17.6. The number of aromatic hydroxyl groups is 1. The Labute approximate surface area is 178 Å². The summed E-state index contributed by atoms with van der Waals surface area (Å²) >= 11 is 0. The second-order valence-corrected chi connectivity index (χ2v) is 7.70. The molecule has 1 aliphatic rings. The Morgan fingerprint density at radius 2 is 1.57 bits per heavy atom. The summed E-state index contributed by atoms with van der Waals surface area (Å²) in [5, 5.41) is 9.79. The fourth-order valence-corrected chi connectivity index (χ4v) is 3.64. The Kier molecular flexibility index (Phi) is 5.77. The Balaban J connectivity index is 1.81. The van der Waals surface area contributed by atoms with E-state index in [4.69, 9.17) is 9.47 Å². The smallest absolute Gasteiger partial charge is 0.149 e. The molecule has 154 valence electrons. The van der Waals surface area contributed by atoms with E-state index in [2.05, 4.69) is 18.2 Å². The fourth-order valence-electron chi connectivity index (χ4n) is 3.64. The number of fused-ring (bicyclic) bond motifs is 1. The van der Waals surface area contributed by atoms with Crippen LogP contribution in [-0.4, -0.2) is 36.9 Å². The standard InChI is InChI=1S/C26H27NO3/c1-18(27(2)3)30-22-14-10-20(11-15-22)26(19-8-12-21(28)13-9-19)24-16-17-29-25-7-5-4-6-23(24)25/h4-15,18,28H,16-17H2,1-3H3. The van der Waals surface area contributed by atoms with Gasteiger partial charge in [-0.3, -0.25) is 4.90 Å². The number of phenols is 1. The molecule has 1 atom stereocenters. The van der Waals surface area contributed by atoms with Crippen molar-refractivity contribution in [2.75, 3.05) is 20.7 Å². The minimum atomic E-state index is -0.00635. The Morgan fingerprint density at radius 3 is 2.23 bits per heavy atom. The van der Waals surface area contributed by atoms with Crippen molar-refractivity contribution in [3.63, 3.8) is 0 Å². The van der Waals surface area contributed by atoms with Gasteiger partial charge < -0.3 is 14.6 Å². The first-order valence-electron chi connectivity index (χ1n) is 10.2. The van der Waals surface area contributed by atoms with Gasteiger partial charge in [0, 0.05) is 12.0 Å². The van der Waals surface area contributed by atoms with E-state index in [1.54, 1.807) is 12.1 Å². The van der Waals surface area contributed by atoms with Crippen molar-refractivity contribution in [1.82, 2.24) is 4.90 Å². The highest BCUT2D eigenvalue weighted by atomic mass is 16.5. The maximum Gasteiger partial charge on any atom is 0.149 e. The third kappa shape index (κ3) is 4.19. The predicted octanol–water partition coefficient (Wildman–Crippen LogP) is 5.42. The van der Waals surface area contributed by atoms with Gasteiger partial charge in [-0.05, 0) is 73.6 Å². The van der Waals surface area contributed by atoms with E-state index in [1.165, 1.54) is 5.57 Å². The SMILES string of the molecule is CC(Oc1ccc(C(=C2CCOc3ccccc32)c2ccc(O)cc2)cc1)N(C)C. The van der Waals surface area contributed by atoms with E-state index in [1.807, 2.05) is 68.4 Å². The van der Waals surface area contributed by atoms with Crippen LogP contribution < -0.4 is 9.47 Å². The van der Waals surface area contributed by atoms with Crippen LogP contribution in [0.4, 0.5) is 0 Å². The van der Waals surface area contributed by atoms with Gasteiger partial charge in [-0.25, -0.2) is 0 Å². The Morgan fingerprint density at radius 1 is 0.933 bits per heavy atom. The lowest BCUT2D eigenvalue weighted by molar-refractivity contribution is 0.0815. The Bertz CT molecular complexity index is 1040. The molecule has 0 radical (unpaired) electrons. The van der Waals surface area contributed by atoms with Crippen LogP contribution in [0, 0.1) is 0 Å². The highest BCUT2D eigenvalue weighted by molar-refractivity contribution is 6.00. The lowest BCUT2D eigenvalue weighted by Crippen LogP contribution is -2.30. The van der Waals surface area contributed by atoms with Gasteiger partial charge in [0.05, 0.1) is 6.61 Å². The molecule has 30 heavy (non-hydrogen) atoms. The third-order valence-electron chi connectivity index (χ3n) is 5.46. The van der Waals surface area contributed by atoms with Gasteiger partial charge in [-0.15, -0.1) is 0 Å². The topological polar surface area (TPSA) is 41.9 Å². The third-order valence-corrected chi connectivity index (χ3v) is 5.46. The minimum absolute atomic E-state index is 0.00635. The van der Waals surface area contributed by atoms with E-state index < -0.39 is 0 Å². The molecule has 0 fully saturated rings. The summed E-state index contributed by atoms with van der Waals surface area (Å²) in [5.41, 5.74) is 5.69. The molecule has 1 heterocycles. The first-order valence-corrected chi connectivity index (χ1v) is 10.2. The highest BCUT2D eigenvalue weighted by Crippen LogP contribution is 2.41. The van der Waals surface area contributed by atoms with Crippen molar-refractivity contribution in [3.8, 4) is 17.2 Å². The van der Waals surface area contributed by atoms with E-state index in [9.17, 15) is 5.11 Å².